The second-order valence-electron chi connectivity index (χ2n) is 4.57. The zero-order chi connectivity index (χ0) is 14.3. The highest BCUT2D eigenvalue weighted by atomic mass is 35.5. The van der Waals surface area contributed by atoms with E-state index >= 15 is 0 Å². The molecule has 0 heterocycles. The van der Waals surface area contributed by atoms with Crippen molar-refractivity contribution in [2.45, 2.75) is 12.5 Å². The van der Waals surface area contributed by atoms with Crippen molar-refractivity contribution in [1.82, 2.24) is 10.2 Å². The number of nitrogens with one attached hydrogen (secondary N) is 1. The van der Waals surface area contributed by atoms with Gasteiger partial charge in [0.1, 0.15) is 0 Å². The van der Waals surface area contributed by atoms with Crippen molar-refractivity contribution in [3.63, 3.8) is 0 Å². The predicted molar refractivity (Wildman–Crippen MR) is 82.3 cm³/mol. The standard InChI is InChI=1S/C14H22Cl2N2O/c1-17-13(7-8-18(2)9-10-19-3)11-5-4-6-12(15)14(11)16/h4-6,13,17H,7-10H2,1-3H3. The summed E-state index contributed by atoms with van der Waals surface area (Å²) >= 11 is 12.3. The van der Waals surface area contributed by atoms with E-state index in [1.807, 2.05) is 25.2 Å². The fourth-order valence-corrected chi connectivity index (χ4v) is 2.39. The van der Waals surface area contributed by atoms with Crippen molar-refractivity contribution in [2.75, 3.05) is 40.9 Å². The summed E-state index contributed by atoms with van der Waals surface area (Å²) in [6, 6.07) is 5.97. The van der Waals surface area contributed by atoms with Crippen molar-refractivity contribution >= 4 is 23.2 Å². The first kappa shape index (κ1) is 16.7. The Bertz CT molecular complexity index is 388. The normalized spacial score (nSPS) is 12.9. The molecule has 1 aromatic carbocycles. The minimum Gasteiger partial charge on any atom is -0.383 e. The number of ether oxygens (including phenoxy) is 1. The molecule has 1 atom stereocenters. The van der Waals surface area contributed by atoms with Gasteiger partial charge in [0.15, 0.2) is 0 Å². The van der Waals surface area contributed by atoms with Gasteiger partial charge in [-0.1, -0.05) is 35.3 Å². The van der Waals surface area contributed by atoms with Gasteiger partial charge in [-0.3, -0.25) is 0 Å². The summed E-state index contributed by atoms with van der Waals surface area (Å²) in [4.78, 5) is 2.24. The topological polar surface area (TPSA) is 24.5 Å². The number of likely N-dealkylation sites (N-methyl/N-ethyl adjacent to an activating group) is 1. The molecule has 0 amide bonds. The Morgan fingerprint density at radius 1 is 1.32 bits per heavy atom. The molecule has 0 saturated carbocycles. The van der Waals surface area contributed by atoms with Gasteiger partial charge in [-0.25, -0.2) is 0 Å². The van der Waals surface area contributed by atoms with Crippen molar-refractivity contribution in [2.24, 2.45) is 0 Å². The van der Waals surface area contributed by atoms with E-state index < -0.39 is 0 Å². The molecule has 1 N–H and O–H groups in total. The molecule has 0 aliphatic carbocycles. The first-order valence-corrected chi connectivity index (χ1v) is 7.14. The highest BCUT2D eigenvalue weighted by Gasteiger charge is 2.15. The fourth-order valence-electron chi connectivity index (χ4n) is 1.95. The van der Waals surface area contributed by atoms with E-state index in [1.54, 1.807) is 7.11 Å². The first-order valence-electron chi connectivity index (χ1n) is 6.38. The van der Waals surface area contributed by atoms with Crippen LogP contribution >= 0.6 is 23.2 Å². The summed E-state index contributed by atoms with van der Waals surface area (Å²) < 4.78 is 5.07. The van der Waals surface area contributed by atoms with E-state index in [0.717, 1.165) is 31.7 Å². The summed E-state index contributed by atoms with van der Waals surface area (Å²) in [6.07, 6.45) is 0.969. The molecule has 19 heavy (non-hydrogen) atoms. The smallest absolute Gasteiger partial charge is 0.0640 e. The van der Waals surface area contributed by atoms with Crippen LogP contribution < -0.4 is 5.32 Å². The molecule has 0 saturated heterocycles. The molecule has 1 rings (SSSR count). The molecule has 0 spiro atoms. The molecule has 0 radical (unpaired) electrons. The average Bonchev–Trinajstić information content (AvgIpc) is 2.41. The molecule has 0 aliphatic heterocycles. The van der Waals surface area contributed by atoms with Crippen molar-refractivity contribution in [3.05, 3.63) is 33.8 Å². The van der Waals surface area contributed by atoms with Crippen LogP contribution in [0.2, 0.25) is 10.0 Å². The molecular formula is C14H22Cl2N2O. The third kappa shape index (κ3) is 5.28. The highest BCUT2D eigenvalue weighted by molar-refractivity contribution is 6.42. The van der Waals surface area contributed by atoms with Gasteiger partial charge in [0, 0.05) is 19.7 Å². The molecule has 0 bridgehead atoms. The maximum atomic E-state index is 6.26. The van der Waals surface area contributed by atoms with E-state index in [-0.39, 0.29) is 6.04 Å². The Morgan fingerprint density at radius 3 is 2.68 bits per heavy atom. The number of methoxy groups -OCH3 is 1. The zero-order valence-electron chi connectivity index (χ0n) is 11.7. The Morgan fingerprint density at radius 2 is 2.05 bits per heavy atom. The van der Waals surface area contributed by atoms with Crippen molar-refractivity contribution < 1.29 is 4.74 Å². The molecule has 108 valence electrons. The van der Waals surface area contributed by atoms with Crippen LogP contribution in [-0.2, 0) is 4.74 Å². The van der Waals surface area contributed by atoms with Crippen LogP contribution in [0.4, 0.5) is 0 Å². The number of rotatable bonds is 8. The average molecular weight is 305 g/mol. The van der Waals surface area contributed by atoms with Crippen LogP contribution in [0.1, 0.15) is 18.0 Å². The van der Waals surface area contributed by atoms with E-state index in [2.05, 4.69) is 17.3 Å². The Balaban J connectivity index is 2.60. The fraction of sp³-hybridized carbons (Fsp3) is 0.571. The molecule has 1 aromatic rings. The van der Waals surface area contributed by atoms with Crippen LogP contribution in [0.25, 0.3) is 0 Å². The van der Waals surface area contributed by atoms with Gasteiger partial charge in [0.25, 0.3) is 0 Å². The maximum absolute atomic E-state index is 6.26. The quantitative estimate of drug-likeness (QED) is 0.798. The van der Waals surface area contributed by atoms with Gasteiger partial charge >= 0.3 is 0 Å². The van der Waals surface area contributed by atoms with Crippen LogP contribution in [0, 0.1) is 0 Å². The first-order chi connectivity index (χ1) is 9.10. The third-order valence-corrected chi connectivity index (χ3v) is 4.02. The van der Waals surface area contributed by atoms with E-state index in [4.69, 9.17) is 27.9 Å². The number of nitrogens with zero attached hydrogens (tertiary/aromatic N) is 1. The third-order valence-electron chi connectivity index (χ3n) is 3.18. The largest absolute Gasteiger partial charge is 0.383 e. The lowest BCUT2D eigenvalue weighted by atomic mass is 10.0. The number of benzene rings is 1. The molecule has 5 heteroatoms. The van der Waals surface area contributed by atoms with Crippen LogP contribution in [0.3, 0.4) is 0 Å². The monoisotopic (exact) mass is 304 g/mol. The Kier molecular flexibility index (Phi) is 7.73. The van der Waals surface area contributed by atoms with Crippen molar-refractivity contribution in [1.29, 1.82) is 0 Å². The van der Waals surface area contributed by atoms with Gasteiger partial charge in [0.2, 0.25) is 0 Å². The van der Waals surface area contributed by atoms with Gasteiger partial charge in [-0.2, -0.15) is 0 Å². The van der Waals surface area contributed by atoms with Crippen LogP contribution in [0.15, 0.2) is 18.2 Å². The second-order valence-corrected chi connectivity index (χ2v) is 5.35. The molecule has 0 aromatic heterocycles. The Labute approximate surface area is 125 Å². The van der Waals surface area contributed by atoms with Gasteiger partial charge in [-0.05, 0) is 38.7 Å². The number of hydrogen-bond acceptors (Lipinski definition) is 3. The van der Waals surface area contributed by atoms with Crippen LogP contribution in [0.5, 0.6) is 0 Å². The highest BCUT2D eigenvalue weighted by Crippen LogP contribution is 2.31. The van der Waals surface area contributed by atoms with Gasteiger partial charge in [0.05, 0.1) is 16.7 Å². The SMILES string of the molecule is CNC(CCN(C)CCOC)c1cccc(Cl)c1Cl. The molecule has 1 unspecified atom stereocenters. The Hall–Kier alpha value is -0.320. The van der Waals surface area contributed by atoms with E-state index in [9.17, 15) is 0 Å². The summed E-state index contributed by atoms with van der Waals surface area (Å²) in [5.74, 6) is 0. The second kappa shape index (κ2) is 8.77. The number of halogens is 2. The van der Waals surface area contributed by atoms with E-state index in [0.29, 0.717) is 10.0 Å². The summed E-state index contributed by atoms with van der Waals surface area (Å²) in [5.41, 5.74) is 1.05. The maximum Gasteiger partial charge on any atom is 0.0640 e. The molecule has 0 aliphatic rings. The lowest BCUT2D eigenvalue weighted by Crippen LogP contribution is -2.28. The van der Waals surface area contributed by atoms with Crippen molar-refractivity contribution in [3.8, 4) is 0 Å². The zero-order valence-corrected chi connectivity index (χ0v) is 13.3. The van der Waals surface area contributed by atoms with Gasteiger partial charge in [-0.15, -0.1) is 0 Å². The summed E-state index contributed by atoms with van der Waals surface area (Å²) in [5, 5.41) is 4.54. The lowest BCUT2D eigenvalue weighted by molar-refractivity contribution is 0.159. The summed E-state index contributed by atoms with van der Waals surface area (Å²) in [6.45, 7) is 2.65. The lowest BCUT2D eigenvalue weighted by Gasteiger charge is -2.22. The minimum absolute atomic E-state index is 0.205. The molecule has 3 nitrogen and oxygen atoms in total. The van der Waals surface area contributed by atoms with Crippen LogP contribution in [-0.4, -0.2) is 45.8 Å². The summed E-state index contributed by atoms with van der Waals surface area (Å²) in [7, 11) is 5.75. The number of hydrogen-bond donors (Lipinski definition) is 1. The molecule has 0 fully saturated rings. The molecular weight excluding hydrogens is 283 g/mol. The minimum atomic E-state index is 0.205. The predicted octanol–water partition coefficient (Wildman–Crippen LogP) is 3.22. The van der Waals surface area contributed by atoms with Gasteiger partial charge < -0.3 is 15.0 Å². The van der Waals surface area contributed by atoms with E-state index in [1.165, 1.54) is 0 Å².